The quantitative estimate of drug-likeness (QED) is 0.792. The van der Waals surface area contributed by atoms with Crippen LogP contribution >= 0.6 is 0 Å². The molecule has 0 saturated carbocycles. The molecule has 16 heavy (non-hydrogen) atoms. The molecule has 0 bridgehead atoms. The zero-order valence-corrected chi connectivity index (χ0v) is 9.32. The predicted octanol–water partition coefficient (Wildman–Crippen LogP) is 0.588. The molecule has 0 spiro atoms. The summed E-state index contributed by atoms with van der Waals surface area (Å²) >= 11 is 0. The molecule has 1 aromatic carbocycles. The number of benzene rings is 1. The SMILES string of the molecule is CNCc1n[nH]c(=O)n1-c1cccc(C)c1. The number of nitrogens with zero attached hydrogens (tertiary/aromatic N) is 2. The number of hydrogen-bond acceptors (Lipinski definition) is 3. The summed E-state index contributed by atoms with van der Waals surface area (Å²) in [5.41, 5.74) is 1.74. The Kier molecular flexibility index (Phi) is 2.87. The molecule has 0 fully saturated rings. The first-order chi connectivity index (χ1) is 7.72. The summed E-state index contributed by atoms with van der Waals surface area (Å²) in [5, 5.41) is 9.41. The number of aryl methyl sites for hydroxylation is 1. The van der Waals surface area contributed by atoms with E-state index in [9.17, 15) is 4.79 Å². The molecular formula is C11H14N4O. The van der Waals surface area contributed by atoms with Gasteiger partial charge in [-0.25, -0.2) is 14.5 Å². The number of rotatable bonds is 3. The first-order valence-electron chi connectivity index (χ1n) is 5.10. The highest BCUT2D eigenvalue weighted by Crippen LogP contribution is 2.09. The molecule has 0 atom stereocenters. The molecule has 84 valence electrons. The van der Waals surface area contributed by atoms with Crippen molar-refractivity contribution in [1.82, 2.24) is 20.1 Å². The first kappa shape index (κ1) is 10.6. The minimum absolute atomic E-state index is 0.212. The summed E-state index contributed by atoms with van der Waals surface area (Å²) in [6, 6.07) is 7.76. The van der Waals surface area contributed by atoms with Gasteiger partial charge in [-0.1, -0.05) is 12.1 Å². The number of H-pyrrole nitrogens is 1. The molecule has 5 heteroatoms. The molecule has 0 aliphatic heterocycles. The van der Waals surface area contributed by atoms with Crippen LogP contribution in [0.2, 0.25) is 0 Å². The van der Waals surface area contributed by atoms with Crippen LogP contribution in [0.3, 0.4) is 0 Å². The van der Waals surface area contributed by atoms with Crippen molar-refractivity contribution in [3.05, 3.63) is 46.1 Å². The van der Waals surface area contributed by atoms with Crippen LogP contribution in [0.15, 0.2) is 29.1 Å². The zero-order valence-electron chi connectivity index (χ0n) is 9.32. The van der Waals surface area contributed by atoms with Gasteiger partial charge >= 0.3 is 5.69 Å². The molecule has 0 unspecified atom stereocenters. The number of aromatic nitrogens is 3. The molecule has 0 radical (unpaired) electrons. The molecule has 1 aromatic heterocycles. The van der Waals surface area contributed by atoms with Crippen LogP contribution in [0, 0.1) is 6.92 Å². The van der Waals surface area contributed by atoms with Crippen LogP contribution in [0.25, 0.3) is 5.69 Å². The van der Waals surface area contributed by atoms with E-state index in [4.69, 9.17) is 0 Å². The normalized spacial score (nSPS) is 10.6. The van der Waals surface area contributed by atoms with Gasteiger partial charge in [0.15, 0.2) is 5.82 Å². The van der Waals surface area contributed by atoms with E-state index in [0.717, 1.165) is 11.3 Å². The minimum Gasteiger partial charge on any atom is -0.313 e. The van der Waals surface area contributed by atoms with Crippen LogP contribution in [0.1, 0.15) is 11.4 Å². The highest BCUT2D eigenvalue weighted by molar-refractivity contribution is 5.35. The summed E-state index contributed by atoms with van der Waals surface area (Å²) in [6.45, 7) is 2.54. The summed E-state index contributed by atoms with van der Waals surface area (Å²) in [6.07, 6.45) is 0. The van der Waals surface area contributed by atoms with Crippen molar-refractivity contribution >= 4 is 0 Å². The molecule has 2 rings (SSSR count). The van der Waals surface area contributed by atoms with Crippen molar-refractivity contribution in [1.29, 1.82) is 0 Å². The molecule has 0 saturated heterocycles. The number of nitrogens with one attached hydrogen (secondary N) is 2. The third-order valence-electron chi connectivity index (χ3n) is 2.34. The van der Waals surface area contributed by atoms with Crippen molar-refractivity contribution < 1.29 is 0 Å². The monoisotopic (exact) mass is 218 g/mol. The highest BCUT2D eigenvalue weighted by Gasteiger charge is 2.08. The maximum atomic E-state index is 11.6. The third kappa shape index (κ3) is 1.90. The van der Waals surface area contributed by atoms with E-state index in [1.165, 1.54) is 0 Å². The van der Waals surface area contributed by atoms with Gasteiger partial charge in [-0.15, -0.1) is 0 Å². The topological polar surface area (TPSA) is 62.7 Å². The lowest BCUT2D eigenvalue weighted by atomic mass is 10.2. The van der Waals surface area contributed by atoms with Crippen LogP contribution in [0.4, 0.5) is 0 Å². The van der Waals surface area contributed by atoms with Gasteiger partial charge in [-0.3, -0.25) is 0 Å². The Morgan fingerprint density at radius 3 is 3.00 bits per heavy atom. The Labute approximate surface area is 93.1 Å². The van der Waals surface area contributed by atoms with E-state index >= 15 is 0 Å². The highest BCUT2D eigenvalue weighted by atomic mass is 16.1. The van der Waals surface area contributed by atoms with Gasteiger partial charge in [0.05, 0.1) is 12.2 Å². The second kappa shape index (κ2) is 4.32. The average Bonchev–Trinajstić information content (AvgIpc) is 2.60. The van der Waals surface area contributed by atoms with E-state index in [2.05, 4.69) is 15.5 Å². The van der Waals surface area contributed by atoms with E-state index in [-0.39, 0.29) is 5.69 Å². The molecule has 2 aromatic rings. The Hall–Kier alpha value is -1.88. The van der Waals surface area contributed by atoms with Crippen molar-refractivity contribution in [2.45, 2.75) is 13.5 Å². The van der Waals surface area contributed by atoms with Gasteiger partial charge < -0.3 is 5.32 Å². The Morgan fingerprint density at radius 2 is 2.31 bits per heavy atom. The molecular weight excluding hydrogens is 204 g/mol. The van der Waals surface area contributed by atoms with Crippen LogP contribution in [0.5, 0.6) is 0 Å². The Morgan fingerprint density at radius 1 is 1.50 bits per heavy atom. The van der Waals surface area contributed by atoms with Crippen LogP contribution in [-0.4, -0.2) is 21.8 Å². The van der Waals surface area contributed by atoms with E-state index in [1.807, 2.05) is 38.2 Å². The molecule has 5 nitrogen and oxygen atoms in total. The van der Waals surface area contributed by atoms with Crippen molar-refractivity contribution in [2.24, 2.45) is 0 Å². The van der Waals surface area contributed by atoms with Gasteiger partial charge in [-0.05, 0) is 31.7 Å². The predicted molar refractivity (Wildman–Crippen MR) is 61.7 cm³/mol. The lowest BCUT2D eigenvalue weighted by molar-refractivity contribution is 0.734. The van der Waals surface area contributed by atoms with Gasteiger partial charge in [0.2, 0.25) is 0 Å². The molecule has 2 N–H and O–H groups in total. The maximum Gasteiger partial charge on any atom is 0.347 e. The lowest BCUT2D eigenvalue weighted by Gasteiger charge is -2.05. The average molecular weight is 218 g/mol. The standard InChI is InChI=1S/C11H14N4O/c1-8-4-3-5-9(6-8)15-10(7-12-2)13-14-11(15)16/h3-6,12H,7H2,1-2H3,(H,14,16). The molecule has 0 amide bonds. The molecule has 0 aliphatic carbocycles. The lowest BCUT2D eigenvalue weighted by Crippen LogP contribution is -2.19. The fourth-order valence-corrected chi connectivity index (χ4v) is 1.64. The minimum atomic E-state index is -0.212. The van der Waals surface area contributed by atoms with Crippen molar-refractivity contribution in [2.75, 3.05) is 7.05 Å². The Bertz CT molecular complexity index is 541. The molecule has 0 aliphatic rings. The Balaban J connectivity index is 2.54. The van der Waals surface area contributed by atoms with Gasteiger partial charge in [0, 0.05) is 0 Å². The second-order valence-corrected chi connectivity index (χ2v) is 3.65. The second-order valence-electron chi connectivity index (χ2n) is 3.65. The summed E-state index contributed by atoms with van der Waals surface area (Å²) < 4.78 is 1.57. The third-order valence-corrected chi connectivity index (χ3v) is 2.34. The van der Waals surface area contributed by atoms with Crippen LogP contribution < -0.4 is 11.0 Å². The fraction of sp³-hybridized carbons (Fsp3) is 0.273. The van der Waals surface area contributed by atoms with Gasteiger partial charge in [0.25, 0.3) is 0 Å². The van der Waals surface area contributed by atoms with Crippen LogP contribution in [-0.2, 0) is 6.54 Å². The van der Waals surface area contributed by atoms with E-state index in [0.29, 0.717) is 12.4 Å². The van der Waals surface area contributed by atoms with Gasteiger partial charge in [-0.2, -0.15) is 5.10 Å². The number of aromatic amines is 1. The summed E-state index contributed by atoms with van der Waals surface area (Å²) in [7, 11) is 1.82. The smallest absolute Gasteiger partial charge is 0.313 e. The fourth-order valence-electron chi connectivity index (χ4n) is 1.64. The largest absolute Gasteiger partial charge is 0.347 e. The first-order valence-corrected chi connectivity index (χ1v) is 5.10. The summed E-state index contributed by atoms with van der Waals surface area (Å²) in [5.74, 6) is 0.679. The maximum absolute atomic E-state index is 11.6. The van der Waals surface area contributed by atoms with E-state index < -0.39 is 0 Å². The van der Waals surface area contributed by atoms with Crippen molar-refractivity contribution in [3.8, 4) is 5.69 Å². The molecule has 1 heterocycles. The zero-order chi connectivity index (χ0) is 11.5. The van der Waals surface area contributed by atoms with Crippen molar-refractivity contribution in [3.63, 3.8) is 0 Å². The number of hydrogen-bond donors (Lipinski definition) is 2. The van der Waals surface area contributed by atoms with Gasteiger partial charge in [0.1, 0.15) is 0 Å². The summed E-state index contributed by atoms with van der Waals surface area (Å²) in [4.78, 5) is 11.6. The van der Waals surface area contributed by atoms with E-state index in [1.54, 1.807) is 4.57 Å².